The van der Waals surface area contributed by atoms with Crippen molar-refractivity contribution in [2.45, 2.75) is 18.9 Å². The molecule has 7 heteroatoms. The molecule has 1 aliphatic rings. The summed E-state index contributed by atoms with van der Waals surface area (Å²) >= 11 is 0. The zero-order chi connectivity index (χ0) is 19.2. The predicted molar refractivity (Wildman–Crippen MR) is 109 cm³/mol. The number of nitrogens with zero attached hydrogens (tertiary/aromatic N) is 1. The summed E-state index contributed by atoms with van der Waals surface area (Å²) in [6.07, 6.45) is 0.819. The molecule has 0 bridgehead atoms. The Hall–Kier alpha value is -2.31. The third-order valence-electron chi connectivity index (χ3n) is 4.91. The van der Waals surface area contributed by atoms with Gasteiger partial charge in [0, 0.05) is 31.6 Å². The normalized spacial score (nSPS) is 16.2. The van der Waals surface area contributed by atoms with E-state index in [2.05, 4.69) is 5.32 Å². The Morgan fingerprint density at radius 2 is 1.93 bits per heavy atom. The number of carbonyl (C=O) groups excluding carboxylic acids is 1. The molecule has 1 N–H and O–H groups in total. The number of hydrogen-bond acceptors (Lipinski definition) is 4. The zero-order valence-electron chi connectivity index (χ0n) is 16.1. The second-order valence-corrected chi connectivity index (χ2v) is 6.52. The number of rotatable bonds is 6. The molecule has 28 heavy (non-hydrogen) atoms. The molecule has 2 aromatic carbocycles. The number of piperazine rings is 1. The molecule has 2 aromatic rings. The van der Waals surface area contributed by atoms with Crippen LogP contribution in [-0.4, -0.2) is 44.7 Å². The van der Waals surface area contributed by atoms with E-state index in [0.29, 0.717) is 25.9 Å². The summed E-state index contributed by atoms with van der Waals surface area (Å²) in [7, 11) is 3.07. The SMILES string of the molecule is COc1ccc(CCC(=O)N2CCNCC2c2ccccc2OC)cc1F.Cl. The predicted octanol–water partition coefficient (Wildman–Crippen LogP) is 3.37. The summed E-state index contributed by atoms with van der Waals surface area (Å²) < 4.78 is 24.3. The van der Waals surface area contributed by atoms with Crippen molar-refractivity contribution in [1.82, 2.24) is 10.2 Å². The molecule has 1 atom stereocenters. The number of hydrogen-bond donors (Lipinski definition) is 1. The van der Waals surface area contributed by atoms with Crippen molar-refractivity contribution in [1.29, 1.82) is 0 Å². The van der Waals surface area contributed by atoms with Gasteiger partial charge in [-0.2, -0.15) is 0 Å². The van der Waals surface area contributed by atoms with Gasteiger partial charge in [-0.25, -0.2) is 4.39 Å². The minimum Gasteiger partial charge on any atom is -0.496 e. The number of nitrogens with one attached hydrogen (secondary N) is 1. The second-order valence-electron chi connectivity index (χ2n) is 6.52. The first-order valence-corrected chi connectivity index (χ1v) is 9.09. The van der Waals surface area contributed by atoms with Crippen molar-refractivity contribution in [2.24, 2.45) is 0 Å². The highest BCUT2D eigenvalue weighted by Gasteiger charge is 2.29. The van der Waals surface area contributed by atoms with E-state index in [1.54, 1.807) is 19.2 Å². The first kappa shape index (κ1) is 22.0. The van der Waals surface area contributed by atoms with Crippen LogP contribution in [0.1, 0.15) is 23.6 Å². The van der Waals surface area contributed by atoms with Gasteiger partial charge in [0.25, 0.3) is 0 Å². The van der Waals surface area contributed by atoms with Crippen LogP contribution in [0, 0.1) is 5.82 Å². The molecular formula is C21H26ClFN2O3. The van der Waals surface area contributed by atoms with Gasteiger partial charge in [0.15, 0.2) is 11.6 Å². The molecule has 152 valence electrons. The van der Waals surface area contributed by atoms with E-state index in [1.165, 1.54) is 13.2 Å². The fourth-order valence-electron chi connectivity index (χ4n) is 3.48. The van der Waals surface area contributed by atoms with Gasteiger partial charge >= 0.3 is 0 Å². The Kier molecular flexibility index (Phi) is 8.08. The van der Waals surface area contributed by atoms with Crippen molar-refractivity contribution in [3.8, 4) is 11.5 Å². The summed E-state index contributed by atoms with van der Waals surface area (Å²) in [5.41, 5.74) is 1.78. The maximum absolute atomic E-state index is 13.9. The van der Waals surface area contributed by atoms with E-state index in [-0.39, 0.29) is 30.1 Å². The van der Waals surface area contributed by atoms with Crippen molar-refractivity contribution < 1.29 is 18.7 Å². The van der Waals surface area contributed by atoms with Gasteiger partial charge in [-0.05, 0) is 30.2 Å². The smallest absolute Gasteiger partial charge is 0.223 e. The summed E-state index contributed by atoms with van der Waals surface area (Å²) in [5.74, 6) is 0.643. The highest BCUT2D eigenvalue weighted by atomic mass is 35.5. The molecule has 1 heterocycles. The number of methoxy groups -OCH3 is 2. The topological polar surface area (TPSA) is 50.8 Å². The Labute approximate surface area is 171 Å². The van der Waals surface area contributed by atoms with Crippen molar-refractivity contribution in [3.05, 3.63) is 59.4 Å². The Balaban J connectivity index is 0.00000280. The van der Waals surface area contributed by atoms with Crippen LogP contribution in [0.15, 0.2) is 42.5 Å². The van der Waals surface area contributed by atoms with Crippen LogP contribution in [-0.2, 0) is 11.2 Å². The quantitative estimate of drug-likeness (QED) is 0.796. The van der Waals surface area contributed by atoms with Gasteiger partial charge < -0.3 is 19.7 Å². The molecule has 0 radical (unpaired) electrons. The molecule has 3 rings (SSSR count). The van der Waals surface area contributed by atoms with Crippen LogP contribution in [0.3, 0.4) is 0 Å². The van der Waals surface area contributed by atoms with Gasteiger partial charge in [0.1, 0.15) is 5.75 Å². The minimum absolute atomic E-state index is 0. The average molecular weight is 409 g/mol. The molecule has 0 spiro atoms. The molecule has 1 amide bonds. The lowest BCUT2D eigenvalue weighted by molar-refractivity contribution is -0.134. The van der Waals surface area contributed by atoms with Crippen molar-refractivity contribution >= 4 is 18.3 Å². The molecule has 1 unspecified atom stereocenters. The fourth-order valence-corrected chi connectivity index (χ4v) is 3.48. The van der Waals surface area contributed by atoms with Crippen LogP contribution in [0.2, 0.25) is 0 Å². The summed E-state index contributed by atoms with van der Waals surface area (Å²) in [6.45, 7) is 2.08. The van der Waals surface area contributed by atoms with E-state index >= 15 is 0 Å². The lowest BCUT2D eigenvalue weighted by Crippen LogP contribution is -2.48. The average Bonchev–Trinajstić information content (AvgIpc) is 2.72. The fraction of sp³-hybridized carbons (Fsp3) is 0.381. The highest BCUT2D eigenvalue weighted by Crippen LogP contribution is 2.30. The number of amides is 1. The third kappa shape index (κ3) is 4.94. The van der Waals surface area contributed by atoms with Gasteiger partial charge in [0.05, 0.1) is 20.3 Å². The first-order chi connectivity index (χ1) is 13.1. The van der Waals surface area contributed by atoms with E-state index in [1.807, 2.05) is 29.2 Å². The van der Waals surface area contributed by atoms with Crippen LogP contribution < -0.4 is 14.8 Å². The second kappa shape index (κ2) is 10.3. The molecule has 1 saturated heterocycles. The van der Waals surface area contributed by atoms with Crippen molar-refractivity contribution in [3.63, 3.8) is 0 Å². The number of aryl methyl sites for hydroxylation is 1. The minimum atomic E-state index is -0.406. The maximum atomic E-state index is 13.9. The van der Waals surface area contributed by atoms with Crippen LogP contribution in [0.5, 0.6) is 11.5 Å². The van der Waals surface area contributed by atoms with Crippen molar-refractivity contribution in [2.75, 3.05) is 33.9 Å². The Morgan fingerprint density at radius 1 is 1.18 bits per heavy atom. The lowest BCUT2D eigenvalue weighted by atomic mass is 10.0. The van der Waals surface area contributed by atoms with Crippen LogP contribution in [0.25, 0.3) is 0 Å². The summed E-state index contributed by atoms with van der Waals surface area (Å²) in [5, 5.41) is 3.35. The third-order valence-corrected chi connectivity index (χ3v) is 4.91. The molecule has 0 aromatic heterocycles. The molecule has 5 nitrogen and oxygen atoms in total. The van der Waals surface area contributed by atoms with E-state index in [4.69, 9.17) is 9.47 Å². The molecule has 1 fully saturated rings. The number of para-hydroxylation sites is 1. The van der Waals surface area contributed by atoms with E-state index < -0.39 is 5.82 Å². The van der Waals surface area contributed by atoms with Gasteiger partial charge in [-0.1, -0.05) is 24.3 Å². The summed E-state index contributed by atoms with van der Waals surface area (Å²) in [6, 6.07) is 12.5. The number of carbonyl (C=O) groups is 1. The lowest BCUT2D eigenvalue weighted by Gasteiger charge is -2.37. The van der Waals surface area contributed by atoms with E-state index in [0.717, 1.165) is 23.4 Å². The molecular weight excluding hydrogens is 383 g/mol. The number of ether oxygens (including phenoxy) is 2. The zero-order valence-corrected chi connectivity index (χ0v) is 16.9. The largest absolute Gasteiger partial charge is 0.496 e. The molecule has 0 saturated carbocycles. The van der Waals surface area contributed by atoms with Crippen LogP contribution >= 0.6 is 12.4 Å². The van der Waals surface area contributed by atoms with Crippen LogP contribution in [0.4, 0.5) is 4.39 Å². The van der Waals surface area contributed by atoms with Gasteiger partial charge in [-0.3, -0.25) is 4.79 Å². The maximum Gasteiger partial charge on any atom is 0.223 e. The summed E-state index contributed by atoms with van der Waals surface area (Å²) in [4.78, 5) is 14.8. The highest BCUT2D eigenvalue weighted by molar-refractivity contribution is 5.85. The number of halogens is 2. The monoisotopic (exact) mass is 408 g/mol. The molecule has 1 aliphatic heterocycles. The standard InChI is InChI=1S/C21H25FN2O3.ClH/c1-26-19-6-4-3-5-16(19)18-14-23-11-12-24(18)21(25)10-8-15-7-9-20(27-2)17(22)13-15;/h3-7,9,13,18,23H,8,10-12,14H2,1-2H3;1H. The van der Waals surface area contributed by atoms with Gasteiger partial charge in [-0.15, -0.1) is 12.4 Å². The molecule has 0 aliphatic carbocycles. The Morgan fingerprint density at radius 3 is 2.64 bits per heavy atom. The van der Waals surface area contributed by atoms with Gasteiger partial charge in [0.2, 0.25) is 5.91 Å². The number of benzene rings is 2. The van der Waals surface area contributed by atoms with E-state index in [9.17, 15) is 9.18 Å². The first-order valence-electron chi connectivity index (χ1n) is 9.09. The Bertz CT molecular complexity index is 803.